The van der Waals surface area contributed by atoms with Crippen LogP contribution in [0.4, 0.5) is 0 Å². The molecule has 0 amide bonds. The third-order valence-electron chi connectivity index (χ3n) is 2.69. The van der Waals surface area contributed by atoms with E-state index >= 15 is 0 Å². The van der Waals surface area contributed by atoms with E-state index in [-0.39, 0.29) is 5.41 Å². The van der Waals surface area contributed by atoms with Crippen LogP contribution in [-0.2, 0) is 5.41 Å². The summed E-state index contributed by atoms with van der Waals surface area (Å²) < 4.78 is 0. The predicted molar refractivity (Wildman–Crippen MR) is 67.4 cm³/mol. The fourth-order valence-electron chi connectivity index (χ4n) is 1.40. The van der Waals surface area contributed by atoms with Gasteiger partial charge in [-0.05, 0) is 22.5 Å². The van der Waals surface area contributed by atoms with Crippen molar-refractivity contribution >= 4 is 15.9 Å². The summed E-state index contributed by atoms with van der Waals surface area (Å²) in [6, 6.07) is 8.97. The molecule has 0 aliphatic carbocycles. The summed E-state index contributed by atoms with van der Waals surface area (Å²) in [6.45, 7) is 8.97. The molecule has 0 atom stereocenters. The number of halogens is 1. The molecule has 0 spiro atoms. The van der Waals surface area contributed by atoms with Gasteiger partial charge in [-0.15, -0.1) is 0 Å². The van der Waals surface area contributed by atoms with Gasteiger partial charge in [0, 0.05) is 5.33 Å². The van der Waals surface area contributed by atoms with E-state index in [1.165, 1.54) is 11.1 Å². The first kappa shape index (κ1) is 11.8. The standard InChI is InChI=1S/C13H19Br/c1-10(2)11-5-7-12(8-6-11)13(3,4)9-14/h5-8,10H,9H2,1-4H3. The molecule has 0 aromatic heterocycles. The van der Waals surface area contributed by atoms with Gasteiger partial charge in [-0.25, -0.2) is 0 Å². The van der Waals surface area contributed by atoms with Crippen molar-refractivity contribution in [2.45, 2.75) is 39.0 Å². The number of hydrogen-bond donors (Lipinski definition) is 0. The molecule has 0 radical (unpaired) electrons. The molecule has 1 rings (SSSR count). The van der Waals surface area contributed by atoms with E-state index < -0.39 is 0 Å². The topological polar surface area (TPSA) is 0 Å². The Bertz CT molecular complexity index is 283. The van der Waals surface area contributed by atoms with Crippen LogP contribution < -0.4 is 0 Å². The summed E-state index contributed by atoms with van der Waals surface area (Å²) >= 11 is 3.56. The number of hydrogen-bond acceptors (Lipinski definition) is 0. The summed E-state index contributed by atoms with van der Waals surface area (Å²) in [7, 11) is 0. The number of alkyl halides is 1. The van der Waals surface area contributed by atoms with Crippen molar-refractivity contribution in [3.8, 4) is 0 Å². The highest BCUT2D eigenvalue weighted by atomic mass is 79.9. The fourth-order valence-corrected chi connectivity index (χ4v) is 1.72. The first-order valence-corrected chi connectivity index (χ1v) is 6.26. The van der Waals surface area contributed by atoms with Crippen LogP contribution in [0.25, 0.3) is 0 Å². The van der Waals surface area contributed by atoms with E-state index in [4.69, 9.17) is 0 Å². The van der Waals surface area contributed by atoms with Gasteiger partial charge in [-0.2, -0.15) is 0 Å². The SMILES string of the molecule is CC(C)c1ccc(C(C)(C)CBr)cc1. The monoisotopic (exact) mass is 254 g/mol. The fraction of sp³-hybridized carbons (Fsp3) is 0.538. The summed E-state index contributed by atoms with van der Waals surface area (Å²) in [6.07, 6.45) is 0. The minimum absolute atomic E-state index is 0.232. The van der Waals surface area contributed by atoms with Gasteiger partial charge in [0.05, 0.1) is 0 Å². The zero-order chi connectivity index (χ0) is 10.8. The zero-order valence-electron chi connectivity index (χ0n) is 9.47. The lowest BCUT2D eigenvalue weighted by Gasteiger charge is -2.22. The van der Waals surface area contributed by atoms with Crippen LogP contribution in [-0.4, -0.2) is 5.33 Å². The molecule has 0 saturated carbocycles. The lowest BCUT2D eigenvalue weighted by atomic mass is 9.86. The average Bonchev–Trinajstić information content (AvgIpc) is 2.18. The molecule has 0 bridgehead atoms. The third kappa shape index (κ3) is 2.60. The number of rotatable bonds is 3. The van der Waals surface area contributed by atoms with Gasteiger partial charge in [0.15, 0.2) is 0 Å². The molecule has 0 nitrogen and oxygen atoms in total. The van der Waals surface area contributed by atoms with Crippen LogP contribution in [0.5, 0.6) is 0 Å². The van der Waals surface area contributed by atoms with Crippen molar-refractivity contribution in [3.63, 3.8) is 0 Å². The molecule has 1 aromatic rings. The Morgan fingerprint density at radius 3 is 2.00 bits per heavy atom. The summed E-state index contributed by atoms with van der Waals surface area (Å²) in [5.74, 6) is 0.621. The second kappa shape index (κ2) is 4.48. The predicted octanol–water partition coefficient (Wildman–Crippen LogP) is 4.48. The van der Waals surface area contributed by atoms with Gasteiger partial charge < -0.3 is 0 Å². The molecule has 0 heterocycles. The Morgan fingerprint density at radius 1 is 1.14 bits per heavy atom. The van der Waals surface area contributed by atoms with E-state index in [2.05, 4.69) is 67.9 Å². The normalized spacial score (nSPS) is 12.1. The van der Waals surface area contributed by atoms with E-state index in [9.17, 15) is 0 Å². The Balaban J connectivity index is 2.94. The molecule has 14 heavy (non-hydrogen) atoms. The van der Waals surface area contributed by atoms with Gasteiger partial charge in [-0.3, -0.25) is 0 Å². The average molecular weight is 255 g/mol. The Hall–Kier alpha value is -0.300. The summed E-state index contributed by atoms with van der Waals surface area (Å²) in [5, 5.41) is 1.00. The second-order valence-corrected chi connectivity index (χ2v) is 5.35. The maximum Gasteiger partial charge on any atom is 0.0123 e. The zero-order valence-corrected chi connectivity index (χ0v) is 11.1. The minimum atomic E-state index is 0.232. The molecule has 1 heteroatoms. The van der Waals surface area contributed by atoms with Crippen LogP contribution >= 0.6 is 15.9 Å². The van der Waals surface area contributed by atoms with Crippen LogP contribution in [0.3, 0.4) is 0 Å². The van der Waals surface area contributed by atoms with Gasteiger partial charge in [-0.1, -0.05) is 67.9 Å². The first-order chi connectivity index (χ1) is 6.47. The van der Waals surface area contributed by atoms with Gasteiger partial charge in [0.1, 0.15) is 0 Å². The second-order valence-electron chi connectivity index (χ2n) is 4.79. The maximum absolute atomic E-state index is 3.56. The van der Waals surface area contributed by atoms with E-state index in [0.717, 1.165) is 5.33 Å². The molecule has 0 fully saturated rings. The van der Waals surface area contributed by atoms with Crippen molar-refractivity contribution in [1.29, 1.82) is 0 Å². The van der Waals surface area contributed by atoms with E-state index in [1.807, 2.05) is 0 Å². The Morgan fingerprint density at radius 2 is 1.64 bits per heavy atom. The number of benzene rings is 1. The minimum Gasteiger partial charge on any atom is -0.0919 e. The Labute approximate surface area is 95.9 Å². The quantitative estimate of drug-likeness (QED) is 0.698. The van der Waals surface area contributed by atoms with Gasteiger partial charge >= 0.3 is 0 Å². The van der Waals surface area contributed by atoms with Crippen molar-refractivity contribution in [2.24, 2.45) is 0 Å². The molecule has 0 aliphatic rings. The summed E-state index contributed by atoms with van der Waals surface area (Å²) in [5.41, 5.74) is 3.05. The third-order valence-corrected chi connectivity index (χ3v) is 4.09. The van der Waals surface area contributed by atoms with Crippen LogP contribution in [0, 0.1) is 0 Å². The van der Waals surface area contributed by atoms with E-state index in [1.54, 1.807) is 0 Å². The van der Waals surface area contributed by atoms with Crippen LogP contribution in [0.15, 0.2) is 24.3 Å². The molecule has 0 saturated heterocycles. The van der Waals surface area contributed by atoms with Crippen molar-refractivity contribution in [3.05, 3.63) is 35.4 Å². The van der Waals surface area contributed by atoms with Crippen LogP contribution in [0.1, 0.15) is 44.7 Å². The highest BCUT2D eigenvalue weighted by Crippen LogP contribution is 2.26. The van der Waals surface area contributed by atoms with Crippen molar-refractivity contribution in [1.82, 2.24) is 0 Å². The molecule has 0 aliphatic heterocycles. The van der Waals surface area contributed by atoms with E-state index in [0.29, 0.717) is 5.92 Å². The smallest absolute Gasteiger partial charge is 0.0123 e. The first-order valence-electron chi connectivity index (χ1n) is 5.14. The molecule has 1 aromatic carbocycles. The highest BCUT2D eigenvalue weighted by molar-refractivity contribution is 9.09. The molecular formula is C13H19Br. The maximum atomic E-state index is 3.56. The molecule has 78 valence electrons. The largest absolute Gasteiger partial charge is 0.0919 e. The van der Waals surface area contributed by atoms with Gasteiger partial charge in [0.2, 0.25) is 0 Å². The highest BCUT2D eigenvalue weighted by Gasteiger charge is 2.18. The van der Waals surface area contributed by atoms with Gasteiger partial charge in [0.25, 0.3) is 0 Å². The summed E-state index contributed by atoms with van der Waals surface area (Å²) in [4.78, 5) is 0. The lowest BCUT2D eigenvalue weighted by Crippen LogP contribution is -2.18. The van der Waals surface area contributed by atoms with Crippen molar-refractivity contribution in [2.75, 3.05) is 5.33 Å². The molecule has 0 unspecified atom stereocenters. The van der Waals surface area contributed by atoms with Crippen LogP contribution in [0.2, 0.25) is 0 Å². The lowest BCUT2D eigenvalue weighted by molar-refractivity contribution is 0.606. The Kier molecular flexibility index (Phi) is 3.77. The molecular weight excluding hydrogens is 236 g/mol. The van der Waals surface area contributed by atoms with Crippen molar-refractivity contribution < 1.29 is 0 Å². The molecule has 0 N–H and O–H groups in total.